The average Bonchev–Trinajstić information content (AvgIpc) is 2.83. The minimum absolute atomic E-state index is 0.885. The van der Waals surface area contributed by atoms with Gasteiger partial charge in [-0.1, -0.05) is 12.1 Å². The molecule has 0 amide bonds. The molecule has 0 spiro atoms. The zero-order valence-electron chi connectivity index (χ0n) is 9.26. The van der Waals surface area contributed by atoms with Crippen LogP contribution in [-0.2, 0) is 6.54 Å². The van der Waals surface area contributed by atoms with Gasteiger partial charge in [-0.25, -0.2) is 0 Å². The van der Waals surface area contributed by atoms with Crippen LogP contribution < -0.4 is 5.32 Å². The molecule has 0 saturated carbocycles. The molecule has 0 fully saturated rings. The summed E-state index contributed by atoms with van der Waals surface area (Å²) in [6.45, 7) is 1.77. The Hall–Kier alpha value is -1.42. The quantitative estimate of drug-likeness (QED) is 0.805. The Morgan fingerprint density at radius 3 is 2.94 bits per heavy atom. The summed E-state index contributed by atoms with van der Waals surface area (Å²) in [5, 5.41) is 7.58. The van der Waals surface area contributed by atoms with E-state index in [1.165, 1.54) is 10.6 Å². The van der Waals surface area contributed by atoms with E-state index in [0.29, 0.717) is 0 Å². The van der Waals surface area contributed by atoms with Crippen molar-refractivity contribution in [1.82, 2.24) is 9.78 Å². The molecule has 3 nitrogen and oxygen atoms in total. The first kappa shape index (κ1) is 11.1. The van der Waals surface area contributed by atoms with Crippen molar-refractivity contribution in [1.29, 1.82) is 0 Å². The van der Waals surface area contributed by atoms with Crippen LogP contribution in [0.1, 0.15) is 0 Å². The van der Waals surface area contributed by atoms with Crippen LogP contribution >= 0.6 is 11.8 Å². The van der Waals surface area contributed by atoms with E-state index in [-0.39, 0.29) is 0 Å². The molecule has 1 heterocycles. The van der Waals surface area contributed by atoms with Crippen molar-refractivity contribution < 1.29 is 0 Å². The first-order valence-corrected chi connectivity index (χ1v) is 6.47. The summed E-state index contributed by atoms with van der Waals surface area (Å²) in [5.74, 6) is 0. The minimum Gasteiger partial charge on any atom is -0.382 e. The molecule has 0 atom stereocenters. The molecule has 2 rings (SSSR count). The summed E-state index contributed by atoms with van der Waals surface area (Å²) in [6, 6.07) is 10.3. The van der Waals surface area contributed by atoms with Crippen LogP contribution in [0.5, 0.6) is 0 Å². The molecule has 0 bridgehead atoms. The van der Waals surface area contributed by atoms with Gasteiger partial charge in [0.05, 0.1) is 6.54 Å². The van der Waals surface area contributed by atoms with E-state index in [4.69, 9.17) is 0 Å². The molecule has 0 unspecified atom stereocenters. The molecule has 0 saturated heterocycles. The summed E-state index contributed by atoms with van der Waals surface area (Å²) in [7, 11) is 0. The number of benzene rings is 1. The Labute approximate surface area is 99.9 Å². The van der Waals surface area contributed by atoms with Gasteiger partial charge in [-0.05, 0) is 24.5 Å². The zero-order valence-corrected chi connectivity index (χ0v) is 10.1. The van der Waals surface area contributed by atoms with Crippen LogP contribution in [0.3, 0.4) is 0 Å². The van der Waals surface area contributed by atoms with Gasteiger partial charge in [0, 0.05) is 29.5 Å². The maximum Gasteiger partial charge on any atom is 0.0582 e. The van der Waals surface area contributed by atoms with Crippen molar-refractivity contribution in [2.24, 2.45) is 0 Å². The smallest absolute Gasteiger partial charge is 0.0582 e. The van der Waals surface area contributed by atoms with E-state index in [2.05, 4.69) is 40.9 Å². The Morgan fingerprint density at radius 2 is 2.19 bits per heavy atom. The number of rotatable bonds is 5. The Balaban J connectivity index is 1.89. The van der Waals surface area contributed by atoms with Gasteiger partial charge < -0.3 is 5.32 Å². The normalized spacial score (nSPS) is 10.3. The van der Waals surface area contributed by atoms with Gasteiger partial charge in [-0.15, -0.1) is 11.8 Å². The second-order valence-corrected chi connectivity index (χ2v) is 4.24. The predicted molar refractivity (Wildman–Crippen MR) is 68.9 cm³/mol. The van der Waals surface area contributed by atoms with Crippen LogP contribution in [0.2, 0.25) is 0 Å². The standard InChI is InChI=1S/C12H15N3S/c1-16-12-6-3-2-5-11(12)13-8-10-15-9-4-7-14-15/h2-7,9,13H,8,10H2,1H3. The summed E-state index contributed by atoms with van der Waals surface area (Å²) >= 11 is 1.76. The van der Waals surface area contributed by atoms with Crippen LogP contribution in [0, 0.1) is 0 Å². The van der Waals surface area contributed by atoms with Crippen molar-refractivity contribution in [3.63, 3.8) is 0 Å². The molecule has 0 aliphatic rings. The Bertz CT molecular complexity index is 426. The molecule has 1 N–H and O–H groups in total. The monoisotopic (exact) mass is 233 g/mol. The highest BCUT2D eigenvalue weighted by molar-refractivity contribution is 7.98. The van der Waals surface area contributed by atoms with Crippen LogP contribution in [0.4, 0.5) is 5.69 Å². The maximum atomic E-state index is 4.16. The van der Waals surface area contributed by atoms with E-state index < -0.39 is 0 Å². The number of anilines is 1. The van der Waals surface area contributed by atoms with Crippen LogP contribution in [0.25, 0.3) is 0 Å². The number of nitrogens with zero attached hydrogens (tertiary/aromatic N) is 2. The van der Waals surface area contributed by atoms with Crippen molar-refractivity contribution in [3.05, 3.63) is 42.7 Å². The first-order chi connectivity index (χ1) is 7.90. The summed E-state index contributed by atoms with van der Waals surface area (Å²) in [6.07, 6.45) is 5.87. The molecular weight excluding hydrogens is 218 g/mol. The second kappa shape index (κ2) is 5.61. The molecule has 84 valence electrons. The highest BCUT2D eigenvalue weighted by atomic mass is 32.2. The van der Waals surface area contributed by atoms with Gasteiger partial charge in [-0.3, -0.25) is 4.68 Å². The van der Waals surface area contributed by atoms with Gasteiger partial charge >= 0.3 is 0 Å². The predicted octanol–water partition coefficient (Wildman–Crippen LogP) is 2.72. The fourth-order valence-electron chi connectivity index (χ4n) is 1.53. The molecule has 0 aliphatic carbocycles. The Kier molecular flexibility index (Phi) is 3.88. The number of hydrogen-bond donors (Lipinski definition) is 1. The van der Waals surface area contributed by atoms with Crippen molar-refractivity contribution in [2.45, 2.75) is 11.4 Å². The lowest BCUT2D eigenvalue weighted by Crippen LogP contribution is -2.11. The molecule has 1 aromatic carbocycles. The third-order valence-corrected chi connectivity index (χ3v) is 3.12. The lowest BCUT2D eigenvalue weighted by atomic mass is 10.3. The SMILES string of the molecule is CSc1ccccc1NCCn1cccn1. The van der Waals surface area contributed by atoms with Gasteiger partial charge in [0.25, 0.3) is 0 Å². The molecule has 1 aromatic heterocycles. The molecular formula is C12H15N3S. The number of para-hydroxylation sites is 1. The topological polar surface area (TPSA) is 29.9 Å². The second-order valence-electron chi connectivity index (χ2n) is 3.40. The van der Waals surface area contributed by atoms with Crippen molar-refractivity contribution in [2.75, 3.05) is 18.1 Å². The number of hydrogen-bond acceptors (Lipinski definition) is 3. The lowest BCUT2D eigenvalue weighted by Gasteiger charge is -2.10. The largest absolute Gasteiger partial charge is 0.382 e. The average molecular weight is 233 g/mol. The first-order valence-electron chi connectivity index (χ1n) is 5.24. The van der Waals surface area contributed by atoms with Crippen molar-refractivity contribution in [3.8, 4) is 0 Å². The van der Waals surface area contributed by atoms with E-state index in [0.717, 1.165) is 13.1 Å². The summed E-state index contributed by atoms with van der Waals surface area (Å²) in [5.41, 5.74) is 1.20. The third kappa shape index (κ3) is 2.79. The van der Waals surface area contributed by atoms with E-state index in [1.54, 1.807) is 18.0 Å². The molecule has 0 radical (unpaired) electrons. The van der Waals surface area contributed by atoms with E-state index in [1.807, 2.05) is 16.9 Å². The lowest BCUT2D eigenvalue weighted by molar-refractivity contribution is 0.637. The Morgan fingerprint density at radius 1 is 1.31 bits per heavy atom. The fraction of sp³-hybridized carbons (Fsp3) is 0.250. The van der Waals surface area contributed by atoms with Gasteiger partial charge in [-0.2, -0.15) is 5.10 Å². The van der Waals surface area contributed by atoms with E-state index >= 15 is 0 Å². The molecule has 16 heavy (non-hydrogen) atoms. The highest BCUT2D eigenvalue weighted by Crippen LogP contribution is 2.24. The van der Waals surface area contributed by atoms with Crippen molar-refractivity contribution >= 4 is 17.4 Å². The number of aromatic nitrogens is 2. The van der Waals surface area contributed by atoms with Gasteiger partial charge in [0.1, 0.15) is 0 Å². The number of thioether (sulfide) groups is 1. The third-order valence-electron chi connectivity index (χ3n) is 2.32. The van der Waals surface area contributed by atoms with Crippen LogP contribution in [0.15, 0.2) is 47.6 Å². The van der Waals surface area contributed by atoms with Gasteiger partial charge in [0.2, 0.25) is 0 Å². The summed E-state index contributed by atoms with van der Waals surface area (Å²) in [4.78, 5) is 1.28. The maximum absolute atomic E-state index is 4.16. The molecule has 2 aromatic rings. The molecule has 4 heteroatoms. The zero-order chi connectivity index (χ0) is 11.2. The minimum atomic E-state index is 0.885. The van der Waals surface area contributed by atoms with Crippen LogP contribution in [-0.4, -0.2) is 22.6 Å². The summed E-state index contributed by atoms with van der Waals surface area (Å²) < 4.78 is 1.93. The highest BCUT2D eigenvalue weighted by Gasteiger charge is 1.98. The van der Waals surface area contributed by atoms with Gasteiger partial charge in [0.15, 0.2) is 0 Å². The molecule has 0 aliphatic heterocycles. The van der Waals surface area contributed by atoms with E-state index in [9.17, 15) is 0 Å². The fourth-order valence-corrected chi connectivity index (χ4v) is 2.10. The number of nitrogens with one attached hydrogen (secondary N) is 1.